The molecule has 2 saturated carbocycles. The summed E-state index contributed by atoms with van der Waals surface area (Å²) in [6, 6.07) is 1.48. The molecule has 106 valence electrons. The third-order valence-electron chi connectivity index (χ3n) is 5.29. The lowest BCUT2D eigenvalue weighted by Gasteiger charge is -2.38. The summed E-state index contributed by atoms with van der Waals surface area (Å²) >= 11 is 0. The second-order valence-corrected chi connectivity index (χ2v) is 6.21. The van der Waals surface area contributed by atoms with Crippen LogP contribution in [0.5, 0.6) is 0 Å². The van der Waals surface area contributed by atoms with Gasteiger partial charge in [-0.2, -0.15) is 0 Å². The Hall–Kier alpha value is -0.120. The average molecular weight is 254 g/mol. The highest BCUT2D eigenvalue weighted by Gasteiger charge is 2.40. The number of nitrogens with zero attached hydrogens (tertiary/aromatic N) is 1. The minimum atomic E-state index is -0.00719. The molecule has 0 aromatic carbocycles. The van der Waals surface area contributed by atoms with Crippen LogP contribution in [0.3, 0.4) is 0 Å². The molecule has 0 saturated heterocycles. The van der Waals surface area contributed by atoms with Gasteiger partial charge in [0, 0.05) is 17.6 Å². The van der Waals surface area contributed by atoms with Crippen LogP contribution >= 0.6 is 0 Å². The third-order valence-corrected chi connectivity index (χ3v) is 5.29. The van der Waals surface area contributed by atoms with Crippen LogP contribution in [-0.4, -0.2) is 47.8 Å². The number of hydrogen-bond donors (Lipinski definition) is 2. The van der Waals surface area contributed by atoms with E-state index in [9.17, 15) is 5.11 Å². The van der Waals surface area contributed by atoms with Gasteiger partial charge in [0.15, 0.2) is 0 Å². The van der Waals surface area contributed by atoms with E-state index < -0.39 is 0 Å². The van der Waals surface area contributed by atoms with Crippen molar-refractivity contribution >= 4 is 0 Å². The summed E-state index contributed by atoms with van der Waals surface area (Å²) in [4.78, 5) is 2.73. The molecule has 2 aliphatic carbocycles. The quantitative estimate of drug-likeness (QED) is 0.789. The fourth-order valence-electron chi connectivity index (χ4n) is 4.06. The Morgan fingerprint density at radius 2 is 1.89 bits per heavy atom. The number of aliphatic hydroxyl groups is 1. The summed E-state index contributed by atoms with van der Waals surface area (Å²) in [6.07, 6.45) is 10.5. The van der Waals surface area contributed by atoms with Gasteiger partial charge in [-0.3, -0.25) is 4.90 Å². The molecule has 0 amide bonds. The Morgan fingerprint density at radius 3 is 2.39 bits per heavy atom. The Bertz CT molecular complexity index is 247. The second kappa shape index (κ2) is 6.36. The normalized spacial score (nSPS) is 34.3. The van der Waals surface area contributed by atoms with Crippen LogP contribution in [-0.2, 0) is 0 Å². The topological polar surface area (TPSA) is 35.5 Å². The number of nitrogens with one attached hydrogen (secondary N) is 1. The molecule has 2 N–H and O–H groups in total. The van der Waals surface area contributed by atoms with Crippen LogP contribution in [0, 0.1) is 0 Å². The van der Waals surface area contributed by atoms with Crippen molar-refractivity contribution in [2.45, 2.75) is 75.9 Å². The van der Waals surface area contributed by atoms with E-state index in [0.717, 1.165) is 18.9 Å². The lowest BCUT2D eigenvalue weighted by atomic mass is 9.92. The number of hydrogen-bond acceptors (Lipinski definition) is 3. The first kappa shape index (κ1) is 14.3. The van der Waals surface area contributed by atoms with Gasteiger partial charge in [0.1, 0.15) is 0 Å². The van der Waals surface area contributed by atoms with Crippen molar-refractivity contribution in [2.24, 2.45) is 0 Å². The fourth-order valence-corrected chi connectivity index (χ4v) is 4.06. The van der Waals surface area contributed by atoms with E-state index in [1.807, 2.05) is 7.05 Å². The van der Waals surface area contributed by atoms with E-state index in [1.54, 1.807) is 0 Å². The molecule has 0 aromatic heterocycles. The monoisotopic (exact) mass is 254 g/mol. The predicted molar refractivity (Wildman–Crippen MR) is 75.8 cm³/mol. The van der Waals surface area contributed by atoms with E-state index in [2.05, 4.69) is 17.1 Å². The molecule has 2 aliphatic rings. The molecule has 0 radical (unpaired) electrons. The third kappa shape index (κ3) is 2.89. The molecular weight excluding hydrogens is 224 g/mol. The van der Waals surface area contributed by atoms with Gasteiger partial charge in [-0.25, -0.2) is 0 Å². The van der Waals surface area contributed by atoms with Gasteiger partial charge in [-0.1, -0.05) is 26.2 Å². The first-order chi connectivity index (χ1) is 8.74. The van der Waals surface area contributed by atoms with Gasteiger partial charge in [-0.15, -0.1) is 0 Å². The summed E-state index contributed by atoms with van der Waals surface area (Å²) in [5, 5.41) is 13.0. The first-order valence-corrected chi connectivity index (χ1v) is 7.80. The predicted octanol–water partition coefficient (Wildman–Crippen LogP) is 2.14. The summed E-state index contributed by atoms with van der Waals surface area (Å²) in [5.41, 5.74) is -0.00719. The van der Waals surface area contributed by atoms with Gasteiger partial charge in [0.2, 0.25) is 0 Å². The van der Waals surface area contributed by atoms with Crippen molar-refractivity contribution in [2.75, 3.05) is 20.2 Å². The highest BCUT2D eigenvalue weighted by atomic mass is 16.3. The van der Waals surface area contributed by atoms with Gasteiger partial charge in [-0.05, 0) is 45.7 Å². The van der Waals surface area contributed by atoms with E-state index in [-0.39, 0.29) is 12.1 Å². The lowest BCUT2D eigenvalue weighted by molar-refractivity contribution is 0.0992. The highest BCUT2D eigenvalue weighted by Crippen LogP contribution is 2.35. The first-order valence-electron chi connectivity index (χ1n) is 7.80. The molecular formula is C15H30N2O. The van der Waals surface area contributed by atoms with Crippen molar-refractivity contribution in [3.8, 4) is 0 Å². The summed E-state index contributed by atoms with van der Waals surface area (Å²) in [5.74, 6) is 0. The molecule has 2 fully saturated rings. The molecule has 3 nitrogen and oxygen atoms in total. The van der Waals surface area contributed by atoms with E-state index in [1.165, 1.54) is 45.1 Å². The molecule has 0 bridgehead atoms. The number of likely N-dealkylation sites (N-methyl/N-ethyl adjacent to an activating group) is 1. The molecule has 0 spiro atoms. The van der Waals surface area contributed by atoms with Crippen LogP contribution in [0.2, 0.25) is 0 Å². The van der Waals surface area contributed by atoms with Crippen LogP contribution in [0.4, 0.5) is 0 Å². The Balaban J connectivity index is 1.96. The molecule has 2 unspecified atom stereocenters. The summed E-state index contributed by atoms with van der Waals surface area (Å²) in [6.45, 7) is 3.75. The Labute approximate surface area is 112 Å². The van der Waals surface area contributed by atoms with Gasteiger partial charge >= 0.3 is 0 Å². The van der Waals surface area contributed by atoms with Crippen LogP contribution in [0.15, 0.2) is 0 Å². The highest BCUT2D eigenvalue weighted by molar-refractivity contribution is 4.99. The maximum absolute atomic E-state index is 9.62. The van der Waals surface area contributed by atoms with Crippen molar-refractivity contribution in [3.63, 3.8) is 0 Å². The Morgan fingerprint density at radius 1 is 1.17 bits per heavy atom. The molecule has 0 heterocycles. The Kier molecular flexibility index (Phi) is 5.05. The van der Waals surface area contributed by atoms with Crippen molar-refractivity contribution in [1.82, 2.24) is 10.2 Å². The van der Waals surface area contributed by atoms with Crippen molar-refractivity contribution < 1.29 is 5.11 Å². The van der Waals surface area contributed by atoms with Crippen LogP contribution < -0.4 is 5.32 Å². The van der Waals surface area contributed by atoms with Gasteiger partial charge < -0.3 is 10.4 Å². The number of rotatable bonds is 5. The van der Waals surface area contributed by atoms with Crippen molar-refractivity contribution in [1.29, 1.82) is 0 Å². The zero-order chi connectivity index (χ0) is 13.0. The smallest absolute Gasteiger partial charge is 0.0613 e. The van der Waals surface area contributed by atoms with E-state index in [0.29, 0.717) is 6.04 Å². The van der Waals surface area contributed by atoms with Gasteiger partial charge in [0.25, 0.3) is 0 Å². The maximum Gasteiger partial charge on any atom is 0.0613 e. The standard InChI is InChI=1S/C15H30N2O/c1-3-17(13-7-5-4-6-8-13)14-9-10-15(11-14,12-18)16-2/h13-14,16,18H,3-12H2,1-2H3. The number of aliphatic hydroxyl groups excluding tert-OH is 1. The van der Waals surface area contributed by atoms with E-state index in [4.69, 9.17) is 0 Å². The SMILES string of the molecule is CCN(C1CCCCC1)C1CCC(CO)(NC)C1. The molecule has 2 rings (SSSR count). The minimum Gasteiger partial charge on any atom is -0.394 e. The largest absolute Gasteiger partial charge is 0.394 e. The average Bonchev–Trinajstić information content (AvgIpc) is 2.86. The fraction of sp³-hybridized carbons (Fsp3) is 1.00. The minimum absolute atomic E-state index is 0.00719. The second-order valence-electron chi connectivity index (χ2n) is 6.21. The lowest BCUT2D eigenvalue weighted by Crippen LogP contribution is -2.48. The maximum atomic E-state index is 9.62. The zero-order valence-electron chi connectivity index (χ0n) is 12.1. The summed E-state index contributed by atoms with van der Waals surface area (Å²) < 4.78 is 0. The van der Waals surface area contributed by atoms with Crippen LogP contribution in [0.1, 0.15) is 58.3 Å². The summed E-state index contributed by atoms with van der Waals surface area (Å²) in [7, 11) is 2.00. The van der Waals surface area contributed by atoms with Gasteiger partial charge in [0.05, 0.1) is 6.61 Å². The van der Waals surface area contributed by atoms with E-state index >= 15 is 0 Å². The molecule has 3 heteroatoms. The molecule has 0 aliphatic heterocycles. The molecule has 0 aromatic rings. The molecule has 2 atom stereocenters. The van der Waals surface area contributed by atoms with Crippen molar-refractivity contribution in [3.05, 3.63) is 0 Å². The van der Waals surface area contributed by atoms with Crippen LogP contribution in [0.25, 0.3) is 0 Å². The zero-order valence-corrected chi connectivity index (χ0v) is 12.1. The molecule has 18 heavy (non-hydrogen) atoms.